The van der Waals surface area contributed by atoms with Crippen LogP contribution in [0, 0.1) is 0 Å². The molecule has 142 valence electrons. The van der Waals surface area contributed by atoms with Gasteiger partial charge in [-0.2, -0.15) is 16.8 Å². The number of carboxylic acid groups (broad SMARTS) is 2. The van der Waals surface area contributed by atoms with Crippen LogP contribution in [0.2, 0.25) is 0 Å². The van der Waals surface area contributed by atoms with Crippen molar-refractivity contribution in [3.8, 4) is 0 Å². The van der Waals surface area contributed by atoms with E-state index in [0.29, 0.717) is 5.39 Å². The molecule has 12 heteroatoms. The molecule has 4 N–H and O–H groups in total. The van der Waals surface area contributed by atoms with Gasteiger partial charge in [-0.3, -0.25) is 18.7 Å². The quantitative estimate of drug-likeness (QED) is 0.520. The van der Waals surface area contributed by atoms with Crippen LogP contribution in [0.15, 0.2) is 47.4 Å². The van der Waals surface area contributed by atoms with Crippen molar-refractivity contribution >= 4 is 42.9 Å². The second kappa shape index (κ2) is 8.23. The Bertz CT molecular complexity index is 1020. The van der Waals surface area contributed by atoms with Crippen molar-refractivity contribution in [2.24, 2.45) is 0 Å². The van der Waals surface area contributed by atoms with Gasteiger partial charge in [-0.15, -0.1) is 0 Å². The molecule has 0 bridgehead atoms. The van der Waals surface area contributed by atoms with E-state index >= 15 is 0 Å². The first kappa shape index (κ1) is 21.5. The van der Waals surface area contributed by atoms with Crippen LogP contribution in [0.1, 0.15) is 6.42 Å². The van der Waals surface area contributed by atoms with Gasteiger partial charge in [-0.05, 0) is 11.5 Å². The van der Waals surface area contributed by atoms with E-state index in [1.54, 1.807) is 30.3 Å². The highest BCUT2D eigenvalue weighted by atomic mass is 32.2. The molecule has 1 unspecified atom stereocenters. The molecule has 26 heavy (non-hydrogen) atoms. The monoisotopic (exact) mass is 406 g/mol. The number of hydrogen-bond acceptors (Lipinski definition) is 6. The average Bonchev–Trinajstić information content (AvgIpc) is 2.50. The lowest BCUT2D eigenvalue weighted by Crippen LogP contribution is -2.31. The van der Waals surface area contributed by atoms with Gasteiger partial charge in [0.15, 0.2) is 5.25 Å². The maximum atomic E-state index is 11.0. The number of fused-ring (bicyclic) bond motifs is 1. The Morgan fingerprint density at radius 1 is 0.885 bits per heavy atom. The third-order valence-corrected chi connectivity index (χ3v) is 5.02. The predicted octanol–water partition coefficient (Wildman–Crippen LogP) is 0.889. The lowest BCUT2D eigenvalue weighted by molar-refractivity contribution is -0.143. The SMILES string of the molecule is O=C(O)CC(C(=O)O)S(=O)(=O)O.O=S(=O)(O)c1cccc2ccccc12. The molecule has 0 aromatic heterocycles. The summed E-state index contributed by atoms with van der Waals surface area (Å²) in [4.78, 5) is 20.0. The smallest absolute Gasteiger partial charge is 0.325 e. The van der Waals surface area contributed by atoms with Gasteiger partial charge in [-0.1, -0.05) is 36.4 Å². The molecule has 0 aliphatic carbocycles. The summed E-state index contributed by atoms with van der Waals surface area (Å²) >= 11 is 0. The summed E-state index contributed by atoms with van der Waals surface area (Å²) < 4.78 is 59.6. The van der Waals surface area contributed by atoms with Crippen LogP contribution in [-0.2, 0) is 29.8 Å². The van der Waals surface area contributed by atoms with Crippen molar-refractivity contribution in [1.29, 1.82) is 0 Å². The average molecular weight is 406 g/mol. The molecule has 0 amide bonds. The minimum Gasteiger partial charge on any atom is -0.481 e. The zero-order valence-electron chi connectivity index (χ0n) is 12.9. The molecule has 1 atom stereocenters. The zero-order valence-corrected chi connectivity index (χ0v) is 14.5. The summed E-state index contributed by atoms with van der Waals surface area (Å²) in [6.45, 7) is 0. The van der Waals surface area contributed by atoms with E-state index in [-0.39, 0.29) is 4.90 Å². The molecule has 2 aromatic carbocycles. The molecule has 0 heterocycles. The van der Waals surface area contributed by atoms with Gasteiger partial charge < -0.3 is 10.2 Å². The third-order valence-electron chi connectivity index (χ3n) is 3.02. The molecular weight excluding hydrogens is 392 g/mol. The van der Waals surface area contributed by atoms with Gasteiger partial charge in [0.1, 0.15) is 4.90 Å². The molecule has 0 spiro atoms. The van der Waals surface area contributed by atoms with Crippen LogP contribution < -0.4 is 0 Å². The molecule has 2 rings (SSSR count). The Balaban J connectivity index is 0.000000265. The van der Waals surface area contributed by atoms with Gasteiger partial charge in [0.25, 0.3) is 20.2 Å². The maximum Gasteiger partial charge on any atom is 0.325 e. The van der Waals surface area contributed by atoms with Gasteiger partial charge in [0, 0.05) is 5.39 Å². The highest BCUT2D eigenvalue weighted by Gasteiger charge is 2.33. The van der Waals surface area contributed by atoms with Crippen LogP contribution in [0.4, 0.5) is 0 Å². The minimum atomic E-state index is -4.84. The van der Waals surface area contributed by atoms with Gasteiger partial charge in [-0.25, -0.2) is 0 Å². The number of hydrogen-bond donors (Lipinski definition) is 4. The number of aliphatic carboxylic acids is 2. The molecule has 0 aliphatic heterocycles. The maximum absolute atomic E-state index is 11.0. The Labute approximate surface area is 148 Å². The van der Waals surface area contributed by atoms with Crippen molar-refractivity contribution in [2.45, 2.75) is 16.6 Å². The summed E-state index contributed by atoms with van der Waals surface area (Å²) in [5, 5.41) is 15.2. The van der Waals surface area contributed by atoms with Crippen molar-refractivity contribution in [2.75, 3.05) is 0 Å². The van der Waals surface area contributed by atoms with E-state index in [4.69, 9.17) is 19.3 Å². The number of benzene rings is 2. The zero-order chi connectivity index (χ0) is 20.1. The van der Waals surface area contributed by atoms with Crippen LogP contribution >= 0.6 is 0 Å². The van der Waals surface area contributed by atoms with Crippen LogP contribution in [0.5, 0.6) is 0 Å². The second-order valence-corrected chi connectivity index (χ2v) is 7.88. The third kappa shape index (κ3) is 6.07. The molecule has 10 nitrogen and oxygen atoms in total. The Morgan fingerprint density at radius 3 is 1.85 bits per heavy atom. The Hall–Kier alpha value is -2.54. The van der Waals surface area contributed by atoms with E-state index in [1.165, 1.54) is 6.07 Å². The Kier molecular flexibility index (Phi) is 6.80. The summed E-state index contributed by atoms with van der Waals surface area (Å²) in [5.41, 5.74) is 0. The molecule has 0 saturated heterocycles. The Morgan fingerprint density at radius 2 is 1.42 bits per heavy atom. The first-order valence-corrected chi connectivity index (χ1v) is 9.64. The number of rotatable bonds is 5. The topological polar surface area (TPSA) is 183 Å². The normalized spacial score (nSPS) is 12.7. The van der Waals surface area contributed by atoms with Crippen molar-refractivity contribution in [3.05, 3.63) is 42.5 Å². The molecule has 0 aliphatic rings. The van der Waals surface area contributed by atoms with Crippen molar-refractivity contribution in [3.63, 3.8) is 0 Å². The summed E-state index contributed by atoms with van der Waals surface area (Å²) in [6, 6.07) is 11.8. The lowest BCUT2D eigenvalue weighted by atomic mass is 10.1. The second-order valence-electron chi connectivity index (χ2n) is 4.89. The molecule has 0 saturated carbocycles. The summed E-state index contributed by atoms with van der Waals surface area (Å²) in [7, 11) is -8.97. The summed E-state index contributed by atoms with van der Waals surface area (Å²) in [6.07, 6.45) is -1.16. The van der Waals surface area contributed by atoms with Crippen molar-refractivity contribution < 1.29 is 45.7 Å². The van der Waals surface area contributed by atoms with Crippen molar-refractivity contribution in [1.82, 2.24) is 0 Å². The van der Waals surface area contributed by atoms with E-state index in [0.717, 1.165) is 5.39 Å². The van der Waals surface area contributed by atoms with Crippen LogP contribution in [-0.4, -0.2) is 53.3 Å². The van der Waals surface area contributed by atoms with Gasteiger partial charge in [0.2, 0.25) is 0 Å². The van der Waals surface area contributed by atoms with E-state index < -0.39 is 43.8 Å². The predicted molar refractivity (Wildman–Crippen MR) is 89.0 cm³/mol. The van der Waals surface area contributed by atoms with Gasteiger partial charge >= 0.3 is 11.9 Å². The largest absolute Gasteiger partial charge is 0.481 e. The van der Waals surface area contributed by atoms with E-state index in [2.05, 4.69) is 0 Å². The fourth-order valence-corrected chi connectivity index (χ4v) is 3.22. The molecule has 0 radical (unpaired) electrons. The fraction of sp³-hybridized carbons (Fsp3) is 0.143. The van der Waals surface area contributed by atoms with E-state index in [9.17, 15) is 26.4 Å². The number of carboxylic acids is 2. The van der Waals surface area contributed by atoms with Crippen LogP contribution in [0.3, 0.4) is 0 Å². The molecule has 2 aromatic rings. The van der Waals surface area contributed by atoms with Crippen LogP contribution in [0.25, 0.3) is 10.8 Å². The summed E-state index contributed by atoms with van der Waals surface area (Å²) in [5.74, 6) is -3.50. The minimum absolute atomic E-state index is 0.0457. The molecular formula is C14H14O10S2. The highest BCUT2D eigenvalue weighted by molar-refractivity contribution is 7.87. The molecule has 0 fully saturated rings. The number of carbonyl (C=O) groups is 2. The lowest BCUT2D eigenvalue weighted by Gasteiger charge is -2.04. The van der Waals surface area contributed by atoms with Gasteiger partial charge in [0.05, 0.1) is 6.42 Å². The first-order chi connectivity index (χ1) is 11.8. The fourth-order valence-electron chi connectivity index (χ4n) is 1.90. The van der Waals surface area contributed by atoms with E-state index in [1.807, 2.05) is 6.07 Å². The first-order valence-electron chi connectivity index (χ1n) is 6.70. The highest BCUT2D eigenvalue weighted by Crippen LogP contribution is 2.22. The standard InChI is InChI=1S/C10H8O3S.C4H6O7S/c11-14(12,13)10-7-3-5-8-4-1-2-6-9(8)10;5-3(6)1-2(4(7)8)12(9,10)11/h1-7H,(H,11,12,13);2H,1H2,(H,5,6)(H,7,8)(H,9,10,11).